The molecule has 2 aromatic heterocycles. The molecule has 0 aromatic carbocycles. The number of aromatic nitrogens is 4. The number of thioether (sulfide) groups is 1. The summed E-state index contributed by atoms with van der Waals surface area (Å²) in [6.45, 7) is 3.47. The zero-order valence-corrected chi connectivity index (χ0v) is 13.6. The average Bonchev–Trinajstić information content (AvgIpc) is 2.88. The van der Waals surface area contributed by atoms with Crippen molar-refractivity contribution >= 4 is 23.5 Å². The van der Waals surface area contributed by atoms with Crippen LogP contribution in [0.25, 0.3) is 0 Å². The summed E-state index contributed by atoms with van der Waals surface area (Å²) in [5, 5.41) is 7.86. The smallest absolute Gasteiger partial charge is 0.272 e. The summed E-state index contributed by atoms with van der Waals surface area (Å²) in [6, 6.07) is 3.81. The molecule has 1 saturated heterocycles. The molecule has 1 aliphatic rings. The van der Waals surface area contributed by atoms with Gasteiger partial charge in [0.15, 0.2) is 5.16 Å². The van der Waals surface area contributed by atoms with E-state index in [1.807, 2.05) is 19.2 Å². The van der Waals surface area contributed by atoms with Crippen molar-refractivity contribution in [3.8, 4) is 0 Å². The maximum Gasteiger partial charge on any atom is 0.272 e. The molecule has 0 saturated carbocycles. The van der Waals surface area contributed by atoms with Crippen LogP contribution in [0.2, 0.25) is 0 Å². The highest BCUT2D eigenvalue weighted by Crippen LogP contribution is 2.22. The molecular formula is C14H18N6OS. The largest absolute Gasteiger partial charge is 0.352 e. The zero-order valence-electron chi connectivity index (χ0n) is 12.8. The van der Waals surface area contributed by atoms with Crippen molar-refractivity contribution in [1.82, 2.24) is 25.1 Å². The minimum atomic E-state index is -0.131. The van der Waals surface area contributed by atoms with Gasteiger partial charge in [-0.15, -0.1) is 0 Å². The Morgan fingerprint density at radius 3 is 2.82 bits per heavy atom. The molecule has 2 aromatic rings. The topological polar surface area (TPSA) is 75.9 Å². The van der Waals surface area contributed by atoms with Gasteiger partial charge >= 0.3 is 0 Å². The van der Waals surface area contributed by atoms with Crippen LogP contribution in [0.15, 0.2) is 23.5 Å². The standard InChI is InChI=1S/C14H18N6OS/c1-9-6-12(17-14(15-9)22-3)20-7-10(8-20)16-13(21)11-4-5-19(2)18-11/h4-6,10H,7-8H2,1-3H3,(H,16,21). The molecule has 8 heteroatoms. The zero-order chi connectivity index (χ0) is 15.7. The third-order valence-corrected chi connectivity index (χ3v) is 4.04. The third kappa shape index (κ3) is 3.06. The number of hydrogen-bond donors (Lipinski definition) is 1. The van der Waals surface area contributed by atoms with Crippen molar-refractivity contribution in [3.05, 3.63) is 29.7 Å². The molecule has 22 heavy (non-hydrogen) atoms. The fraction of sp³-hybridized carbons (Fsp3) is 0.429. The van der Waals surface area contributed by atoms with E-state index in [0.29, 0.717) is 5.69 Å². The lowest BCUT2D eigenvalue weighted by atomic mass is 10.1. The van der Waals surface area contributed by atoms with E-state index in [0.717, 1.165) is 29.8 Å². The fourth-order valence-corrected chi connectivity index (χ4v) is 2.75. The maximum absolute atomic E-state index is 12.0. The Balaban J connectivity index is 1.58. The van der Waals surface area contributed by atoms with E-state index in [4.69, 9.17) is 0 Å². The Kier molecular flexibility index (Phi) is 4.02. The van der Waals surface area contributed by atoms with Crippen molar-refractivity contribution in [2.45, 2.75) is 18.1 Å². The van der Waals surface area contributed by atoms with Gasteiger partial charge in [-0.3, -0.25) is 9.48 Å². The van der Waals surface area contributed by atoms with Crippen molar-refractivity contribution in [2.24, 2.45) is 7.05 Å². The van der Waals surface area contributed by atoms with Crippen LogP contribution in [-0.4, -0.2) is 51.0 Å². The molecule has 1 aliphatic heterocycles. The minimum Gasteiger partial charge on any atom is -0.352 e. The van der Waals surface area contributed by atoms with Crippen LogP contribution in [-0.2, 0) is 7.05 Å². The molecule has 1 N–H and O–H groups in total. The summed E-state index contributed by atoms with van der Waals surface area (Å²) >= 11 is 1.53. The van der Waals surface area contributed by atoms with Crippen molar-refractivity contribution in [1.29, 1.82) is 0 Å². The molecule has 0 radical (unpaired) electrons. The minimum absolute atomic E-state index is 0.127. The molecule has 1 amide bonds. The Morgan fingerprint density at radius 2 is 2.18 bits per heavy atom. The van der Waals surface area contributed by atoms with Gasteiger partial charge in [0.25, 0.3) is 5.91 Å². The van der Waals surface area contributed by atoms with E-state index < -0.39 is 0 Å². The van der Waals surface area contributed by atoms with Gasteiger partial charge in [0, 0.05) is 38.1 Å². The molecule has 0 atom stereocenters. The van der Waals surface area contributed by atoms with E-state index in [9.17, 15) is 4.79 Å². The lowest BCUT2D eigenvalue weighted by Crippen LogP contribution is -2.59. The van der Waals surface area contributed by atoms with E-state index in [2.05, 4.69) is 25.3 Å². The molecule has 0 aliphatic carbocycles. The maximum atomic E-state index is 12.0. The number of carbonyl (C=O) groups is 1. The first-order valence-electron chi connectivity index (χ1n) is 7.00. The Bertz CT molecular complexity index is 694. The number of aryl methyl sites for hydroxylation is 2. The Morgan fingerprint density at radius 1 is 1.41 bits per heavy atom. The van der Waals surface area contributed by atoms with E-state index in [1.54, 1.807) is 24.0 Å². The molecular weight excluding hydrogens is 300 g/mol. The number of rotatable bonds is 4. The van der Waals surface area contributed by atoms with E-state index >= 15 is 0 Å². The second-order valence-corrected chi connectivity index (χ2v) is 6.08. The second-order valence-electron chi connectivity index (χ2n) is 5.30. The van der Waals surface area contributed by atoms with Gasteiger partial charge in [-0.05, 0) is 19.2 Å². The van der Waals surface area contributed by atoms with Crippen molar-refractivity contribution < 1.29 is 4.79 Å². The number of nitrogens with zero attached hydrogens (tertiary/aromatic N) is 5. The van der Waals surface area contributed by atoms with Gasteiger partial charge in [-0.25, -0.2) is 9.97 Å². The first kappa shape index (κ1) is 14.8. The van der Waals surface area contributed by atoms with Gasteiger partial charge < -0.3 is 10.2 Å². The molecule has 116 valence electrons. The van der Waals surface area contributed by atoms with Gasteiger partial charge in [-0.2, -0.15) is 5.10 Å². The third-order valence-electron chi connectivity index (χ3n) is 3.49. The van der Waals surface area contributed by atoms with Crippen molar-refractivity contribution in [3.63, 3.8) is 0 Å². The predicted molar refractivity (Wildman–Crippen MR) is 85.2 cm³/mol. The van der Waals surface area contributed by atoms with Crippen LogP contribution < -0.4 is 10.2 Å². The first-order valence-corrected chi connectivity index (χ1v) is 8.23. The summed E-state index contributed by atoms with van der Waals surface area (Å²) in [5.41, 5.74) is 1.40. The summed E-state index contributed by atoms with van der Waals surface area (Å²) in [4.78, 5) is 23.0. The summed E-state index contributed by atoms with van der Waals surface area (Å²) < 4.78 is 1.62. The normalized spacial score (nSPS) is 14.8. The molecule has 7 nitrogen and oxygen atoms in total. The van der Waals surface area contributed by atoms with Gasteiger partial charge in [-0.1, -0.05) is 11.8 Å². The summed E-state index contributed by atoms with van der Waals surface area (Å²) in [5.74, 6) is 0.786. The van der Waals surface area contributed by atoms with Gasteiger partial charge in [0.2, 0.25) is 0 Å². The number of anilines is 1. The number of hydrogen-bond acceptors (Lipinski definition) is 6. The second kappa shape index (κ2) is 5.96. The molecule has 0 unspecified atom stereocenters. The van der Waals surface area contributed by atoms with Gasteiger partial charge in [0.05, 0.1) is 6.04 Å². The quantitative estimate of drug-likeness (QED) is 0.665. The molecule has 1 fully saturated rings. The number of nitrogens with one attached hydrogen (secondary N) is 1. The molecule has 3 heterocycles. The average molecular weight is 318 g/mol. The molecule has 3 rings (SSSR count). The Hall–Kier alpha value is -2.09. The number of amides is 1. The van der Waals surface area contributed by atoms with Gasteiger partial charge in [0.1, 0.15) is 11.5 Å². The van der Waals surface area contributed by atoms with Crippen molar-refractivity contribution in [2.75, 3.05) is 24.2 Å². The summed E-state index contributed by atoms with van der Waals surface area (Å²) in [7, 11) is 1.79. The lowest BCUT2D eigenvalue weighted by Gasteiger charge is -2.40. The van der Waals surface area contributed by atoms with Crippen LogP contribution in [0.1, 0.15) is 16.2 Å². The highest BCUT2D eigenvalue weighted by Gasteiger charge is 2.30. The van der Waals surface area contributed by atoms with E-state index in [1.165, 1.54) is 11.8 Å². The van der Waals surface area contributed by atoms with Crippen LogP contribution in [0.3, 0.4) is 0 Å². The Labute approximate surface area is 133 Å². The van der Waals surface area contributed by atoms with Crippen LogP contribution in [0.4, 0.5) is 5.82 Å². The first-order chi connectivity index (χ1) is 10.5. The van der Waals surface area contributed by atoms with E-state index in [-0.39, 0.29) is 11.9 Å². The molecule has 0 bridgehead atoms. The fourth-order valence-electron chi connectivity index (χ4n) is 2.33. The predicted octanol–water partition coefficient (Wildman–Crippen LogP) is 0.859. The molecule has 0 spiro atoms. The van der Waals surface area contributed by atoms with Crippen LogP contribution in [0.5, 0.6) is 0 Å². The number of carbonyl (C=O) groups excluding carboxylic acids is 1. The monoisotopic (exact) mass is 318 g/mol. The van der Waals surface area contributed by atoms with Crippen LogP contribution >= 0.6 is 11.8 Å². The lowest BCUT2D eigenvalue weighted by molar-refractivity contribution is 0.0924. The van der Waals surface area contributed by atoms with Crippen LogP contribution in [0, 0.1) is 6.92 Å². The SMILES string of the molecule is CSc1nc(C)cc(N2CC(NC(=O)c3ccn(C)n3)C2)n1. The summed E-state index contributed by atoms with van der Waals surface area (Å²) in [6.07, 6.45) is 3.72. The highest BCUT2D eigenvalue weighted by atomic mass is 32.2. The highest BCUT2D eigenvalue weighted by molar-refractivity contribution is 7.98.